The zero-order valence-electron chi connectivity index (χ0n) is 10.3. The topological polar surface area (TPSA) is 75.4 Å². The SMILES string of the molecule is Cc1ccc(Br)c(-n2cc(CCO)c(C(=O)O)n2)c1. The molecule has 2 rings (SSSR count). The molecule has 0 spiro atoms. The minimum Gasteiger partial charge on any atom is -0.476 e. The van der Waals surface area contributed by atoms with Crippen LogP contribution in [0.25, 0.3) is 5.69 Å². The molecular formula is C13H13BrN2O3. The maximum Gasteiger partial charge on any atom is 0.356 e. The molecule has 0 unspecified atom stereocenters. The number of carboxylic acids is 1. The van der Waals surface area contributed by atoms with Gasteiger partial charge in [0.05, 0.1) is 5.69 Å². The van der Waals surface area contributed by atoms with E-state index in [2.05, 4.69) is 21.0 Å². The summed E-state index contributed by atoms with van der Waals surface area (Å²) in [5.74, 6) is -1.09. The third kappa shape index (κ3) is 2.85. The van der Waals surface area contributed by atoms with E-state index in [-0.39, 0.29) is 18.7 Å². The number of carboxylic acid groups (broad SMARTS) is 1. The molecule has 0 atom stereocenters. The molecule has 0 aliphatic heterocycles. The lowest BCUT2D eigenvalue weighted by Crippen LogP contribution is -2.04. The van der Waals surface area contributed by atoms with Crippen LogP contribution in [0.4, 0.5) is 0 Å². The van der Waals surface area contributed by atoms with Gasteiger partial charge < -0.3 is 10.2 Å². The number of aliphatic hydroxyl groups excluding tert-OH is 1. The molecule has 0 radical (unpaired) electrons. The van der Waals surface area contributed by atoms with Crippen LogP contribution in [0.1, 0.15) is 21.6 Å². The molecule has 0 saturated heterocycles. The van der Waals surface area contributed by atoms with Crippen molar-refractivity contribution >= 4 is 21.9 Å². The summed E-state index contributed by atoms with van der Waals surface area (Å²) in [6.07, 6.45) is 1.91. The summed E-state index contributed by atoms with van der Waals surface area (Å²) >= 11 is 3.42. The average Bonchev–Trinajstić information content (AvgIpc) is 2.77. The van der Waals surface area contributed by atoms with Gasteiger partial charge >= 0.3 is 5.97 Å². The first-order valence-electron chi connectivity index (χ1n) is 5.72. The van der Waals surface area contributed by atoms with Crippen LogP contribution < -0.4 is 0 Å². The van der Waals surface area contributed by atoms with Crippen LogP contribution in [0, 0.1) is 6.92 Å². The van der Waals surface area contributed by atoms with Crippen LogP contribution >= 0.6 is 15.9 Å². The highest BCUT2D eigenvalue weighted by Gasteiger charge is 2.16. The van der Waals surface area contributed by atoms with Crippen LogP contribution in [-0.4, -0.2) is 32.6 Å². The maximum absolute atomic E-state index is 11.1. The summed E-state index contributed by atoms with van der Waals surface area (Å²) in [4.78, 5) is 11.1. The number of benzene rings is 1. The largest absolute Gasteiger partial charge is 0.476 e. The highest BCUT2D eigenvalue weighted by molar-refractivity contribution is 9.10. The zero-order chi connectivity index (χ0) is 14.0. The molecule has 6 heteroatoms. The number of aliphatic hydroxyl groups is 1. The molecule has 2 aromatic rings. The van der Waals surface area contributed by atoms with E-state index in [9.17, 15) is 4.79 Å². The van der Waals surface area contributed by atoms with Gasteiger partial charge in [0.25, 0.3) is 0 Å². The van der Waals surface area contributed by atoms with Crippen molar-refractivity contribution in [2.24, 2.45) is 0 Å². The second-order valence-electron chi connectivity index (χ2n) is 4.18. The first-order valence-corrected chi connectivity index (χ1v) is 6.51. The van der Waals surface area contributed by atoms with Gasteiger partial charge in [-0.3, -0.25) is 0 Å². The molecule has 0 saturated carbocycles. The molecule has 0 amide bonds. The van der Waals surface area contributed by atoms with E-state index in [4.69, 9.17) is 10.2 Å². The number of halogens is 1. The molecule has 1 aromatic heterocycles. The Balaban J connectivity index is 2.53. The van der Waals surface area contributed by atoms with Gasteiger partial charge in [0.15, 0.2) is 5.69 Å². The Morgan fingerprint density at radius 3 is 2.84 bits per heavy atom. The van der Waals surface area contributed by atoms with Crippen molar-refractivity contribution in [2.75, 3.05) is 6.61 Å². The molecule has 0 fully saturated rings. The summed E-state index contributed by atoms with van der Waals surface area (Å²) in [6.45, 7) is 1.84. The van der Waals surface area contributed by atoms with Crippen LogP contribution in [0.5, 0.6) is 0 Å². The zero-order valence-corrected chi connectivity index (χ0v) is 11.9. The summed E-state index contributed by atoms with van der Waals surface area (Å²) in [5.41, 5.74) is 2.31. The van der Waals surface area contributed by atoms with E-state index in [1.807, 2.05) is 25.1 Å². The molecule has 2 N–H and O–H groups in total. The van der Waals surface area contributed by atoms with Crippen LogP contribution in [0.15, 0.2) is 28.9 Å². The Morgan fingerprint density at radius 1 is 1.47 bits per heavy atom. The van der Waals surface area contributed by atoms with Gasteiger partial charge in [-0.15, -0.1) is 0 Å². The van der Waals surface area contributed by atoms with E-state index in [1.165, 1.54) is 4.68 Å². The van der Waals surface area contributed by atoms with Crippen molar-refractivity contribution in [2.45, 2.75) is 13.3 Å². The molecule has 100 valence electrons. The van der Waals surface area contributed by atoms with Gasteiger partial charge in [0.1, 0.15) is 0 Å². The monoisotopic (exact) mass is 324 g/mol. The first-order chi connectivity index (χ1) is 9.02. The normalized spacial score (nSPS) is 10.7. The lowest BCUT2D eigenvalue weighted by Gasteiger charge is -2.05. The molecule has 1 aromatic carbocycles. The number of aryl methyl sites for hydroxylation is 1. The van der Waals surface area contributed by atoms with E-state index in [1.54, 1.807) is 6.20 Å². The minimum absolute atomic E-state index is 0.0255. The molecule has 0 aliphatic carbocycles. The van der Waals surface area contributed by atoms with Gasteiger partial charge in [-0.2, -0.15) is 5.10 Å². The minimum atomic E-state index is -1.09. The smallest absolute Gasteiger partial charge is 0.356 e. The molecule has 0 aliphatic rings. The number of rotatable bonds is 4. The van der Waals surface area contributed by atoms with E-state index in [0.29, 0.717) is 5.56 Å². The third-order valence-electron chi connectivity index (χ3n) is 2.72. The summed E-state index contributed by atoms with van der Waals surface area (Å²) in [6, 6.07) is 5.74. The van der Waals surface area contributed by atoms with Crippen molar-refractivity contribution in [1.82, 2.24) is 9.78 Å². The van der Waals surface area contributed by atoms with Crippen molar-refractivity contribution in [3.63, 3.8) is 0 Å². The summed E-state index contributed by atoms with van der Waals surface area (Å²) in [7, 11) is 0. The van der Waals surface area contributed by atoms with Crippen LogP contribution in [0.2, 0.25) is 0 Å². The second-order valence-corrected chi connectivity index (χ2v) is 5.04. The number of aromatic nitrogens is 2. The fourth-order valence-corrected chi connectivity index (χ4v) is 2.24. The molecule has 5 nitrogen and oxygen atoms in total. The molecule has 0 bridgehead atoms. The predicted molar refractivity (Wildman–Crippen MR) is 73.8 cm³/mol. The predicted octanol–water partition coefficient (Wildman–Crippen LogP) is 2.18. The Hall–Kier alpha value is -1.66. The van der Waals surface area contributed by atoms with Gasteiger partial charge in [0, 0.05) is 22.8 Å². The van der Waals surface area contributed by atoms with E-state index >= 15 is 0 Å². The highest BCUT2D eigenvalue weighted by Crippen LogP contribution is 2.23. The number of aromatic carboxylic acids is 1. The van der Waals surface area contributed by atoms with E-state index < -0.39 is 5.97 Å². The number of carbonyl (C=O) groups is 1. The van der Waals surface area contributed by atoms with Crippen molar-refractivity contribution in [3.8, 4) is 5.69 Å². The lowest BCUT2D eigenvalue weighted by atomic mass is 10.2. The van der Waals surface area contributed by atoms with Crippen molar-refractivity contribution in [3.05, 3.63) is 45.7 Å². The molecule has 1 heterocycles. The van der Waals surface area contributed by atoms with Crippen molar-refractivity contribution < 1.29 is 15.0 Å². The van der Waals surface area contributed by atoms with Crippen LogP contribution in [-0.2, 0) is 6.42 Å². The van der Waals surface area contributed by atoms with Gasteiger partial charge in [-0.1, -0.05) is 6.07 Å². The maximum atomic E-state index is 11.1. The van der Waals surface area contributed by atoms with Gasteiger partial charge in [-0.25, -0.2) is 9.48 Å². The standard InChI is InChI=1S/C13H13BrN2O3/c1-8-2-3-10(14)11(6-8)16-7-9(4-5-17)12(15-16)13(18)19/h2-3,6-7,17H,4-5H2,1H3,(H,18,19). The van der Waals surface area contributed by atoms with Crippen LogP contribution in [0.3, 0.4) is 0 Å². The Bertz CT molecular complexity index is 622. The second kappa shape index (κ2) is 5.54. The number of hydrogen-bond donors (Lipinski definition) is 2. The summed E-state index contributed by atoms with van der Waals surface area (Å²) < 4.78 is 2.35. The lowest BCUT2D eigenvalue weighted by molar-refractivity contribution is 0.0688. The fourth-order valence-electron chi connectivity index (χ4n) is 1.81. The first kappa shape index (κ1) is 13.8. The number of hydrogen-bond acceptors (Lipinski definition) is 3. The molecular weight excluding hydrogens is 312 g/mol. The Morgan fingerprint density at radius 2 is 2.21 bits per heavy atom. The Kier molecular flexibility index (Phi) is 4.01. The highest BCUT2D eigenvalue weighted by atomic mass is 79.9. The van der Waals surface area contributed by atoms with Crippen molar-refractivity contribution in [1.29, 1.82) is 0 Å². The summed E-state index contributed by atoms with van der Waals surface area (Å²) in [5, 5.41) is 22.1. The van der Waals surface area contributed by atoms with Gasteiger partial charge in [-0.05, 0) is 47.0 Å². The Labute approximate surface area is 118 Å². The third-order valence-corrected chi connectivity index (χ3v) is 3.39. The fraction of sp³-hybridized carbons (Fsp3) is 0.231. The van der Waals surface area contributed by atoms with E-state index in [0.717, 1.165) is 15.7 Å². The van der Waals surface area contributed by atoms with Gasteiger partial charge in [0.2, 0.25) is 0 Å². The molecule has 19 heavy (non-hydrogen) atoms. The number of nitrogens with zero attached hydrogens (tertiary/aromatic N) is 2. The average molecular weight is 325 g/mol. The quantitative estimate of drug-likeness (QED) is 0.903.